The monoisotopic (exact) mass is 427 g/mol. The molecule has 0 unspecified atom stereocenters. The maximum atomic E-state index is 12.8. The van der Waals surface area contributed by atoms with Crippen molar-refractivity contribution in [1.29, 1.82) is 0 Å². The highest BCUT2D eigenvalue weighted by molar-refractivity contribution is 5.83. The number of nitrogens with two attached hydrogens (primary N) is 1. The van der Waals surface area contributed by atoms with Gasteiger partial charge in [-0.1, -0.05) is 60.7 Å². The van der Waals surface area contributed by atoms with Crippen LogP contribution >= 0.6 is 0 Å². The second kappa shape index (κ2) is 9.77. The van der Waals surface area contributed by atoms with Crippen LogP contribution in [0.4, 0.5) is 0 Å². The number of aromatic nitrogens is 1. The molecule has 1 saturated heterocycles. The molecule has 0 radical (unpaired) electrons. The van der Waals surface area contributed by atoms with Crippen molar-refractivity contribution in [2.75, 3.05) is 13.1 Å². The molecule has 164 valence electrons. The van der Waals surface area contributed by atoms with Gasteiger partial charge in [0.2, 0.25) is 11.8 Å². The summed E-state index contributed by atoms with van der Waals surface area (Å²) < 4.78 is 0. The van der Waals surface area contributed by atoms with Crippen LogP contribution in [0.25, 0.3) is 11.1 Å². The Bertz CT molecular complexity index is 1060. The highest BCUT2D eigenvalue weighted by Crippen LogP contribution is 2.38. The number of rotatable bonds is 7. The fourth-order valence-electron chi connectivity index (χ4n) is 4.59. The molecule has 0 aliphatic carbocycles. The van der Waals surface area contributed by atoms with Crippen molar-refractivity contribution in [3.8, 4) is 11.1 Å². The third-order valence-corrected chi connectivity index (χ3v) is 6.59. The van der Waals surface area contributed by atoms with Crippen molar-refractivity contribution in [2.24, 2.45) is 11.1 Å². The lowest BCUT2D eigenvalue weighted by molar-refractivity contribution is -0.138. The van der Waals surface area contributed by atoms with E-state index in [-0.39, 0.29) is 11.8 Å². The Kier molecular flexibility index (Phi) is 6.64. The first-order valence-electron chi connectivity index (χ1n) is 11.2. The average molecular weight is 428 g/mol. The topological polar surface area (TPSA) is 76.3 Å². The number of likely N-dealkylation sites (tertiary alicyclic amines) is 1. The summed E-state index contributed by atoms with van der Waals surface area (Å²) in [5.74, 6) is -0.141. The minimum atomic E-state index is -0.644. The Morgan fingerprint density at radius 2 is 1.66 bits per heavy atom. The molecule has 5 nitrogen and oxygen atoms in total. The number of primary amides is 1. The Morgan fingerprint density at radius 3 is 2.34 bits per heavy atom. The van der Waals surface area contributed by atoms with Gasteiger partial charge in [-0.25, -0.2) is 0 Å². The summed E-state index contributed by atoms with van der Waals surface area (Å²) in [4.78, 5) is 31.5. The predicted octanol–water partition coefficient (Wildman–Crippen LogP) is 4.02. The van der Waals surface area contributed by atoms with Crippen molar-refractivity contribution in [3.05, 3.63) is 90.3 Å². The van der Waals surface area contributed by atoms with Crippen molar-refractivity contribution in [2.45, 2.75) is 32.1 Å². The normalized spacial score (nSPS) is 15.3. The van der Waals surface area contributed by atoms with Gasteiger partial charge < -0.3 is 10.6 Å². The maximum Gasteiger partial charge on any atom is 0.224 e. The van der Waals surface area contributed by atoms with Gasteiger partial charge in [0.05, 0.1) is 5.41 Å². The van der Waals surface area contributed by atoms with Crippen LogP contribution in [0, 0.1) is 5.41 Å². The molecule has 1 aliphatic rings. The summed E-state index contributed by atoms with van der Waals surface area (Å²) in [5, 5.41) is 0. The zero-order chi connectivity index (χ0) is 22.4. The van der Waals surface area contributed by atoms with Crippen molar-refractivity contribution < 1.29 is 9.59 Å². The average Bonchev–Trinajstić information content (AvgIpc) is 2.84. The minimum Gasteiger partial charge on any atom is -0.369 e. The third-order valence-electron chi connectivity index (χ3n) is 6.59. The van der Waals surface area contributed by atoms with Crippen LogP contribution in [-0.2, 0) is 22.4 Å². The molecule has 0 atom stereocenters. The highest BCUT2D eigenvalue weighted by atomic mass is 16.2. The van der Waals surface area contributed by atoms with Crippen LogP contribution in [0.15, 0.2) is 79.1 Å². The van der Waals surface area contributed by atoms with Crippen LogP contribution < -0.4 is 5.73 Å². The summed E-state index contributed by atoms with van der Waals surface area (Å²) in [6.45, 7) is 1.12. The molecule has 0 saturated carbocycles. The Morgan fingerprint density at radius 1 is 0.938 bits per heavy atom. The van der Waals surface area contributed by atoms with Gasteiger partial charge in [0, 0.05) is 37.5 Å². The molecule has 2 amide bonds. The number of amides is 2. The molecule has 1 aliphatic heterocycles. The third kappa shape index (κ3) is 4.88. The fourth-order valence-corrected chi connectivity index (χ4v) is 4.59. The molecule has 0 spiro atoms. The van der Waals surface area contributed by atoms with Gasteiger partial charge in [0.25, 0.3) is 0 Å². The number of nitrogens with zero attached hydrogens (tertiary/aromatic N) is 2. The van der Waals surface area contributed by atoms with Gasteiger partial charge in [-0.05, 0) is 48.4 Å². The molecule has 1 aromatic heterocycles. The SMILES string of the molecule is NC(=O)C1(Cc2ccccc2-c2cccnc2)CCN(C(=O)CCc2ccccc2)CC1. The lowest BCUT2D eigenvalue weighted by atomic mass is 9.72. The summed E-state index contributed by atoms with van der Waals surface area (Å²) in [7, 11) is 0. The summed E-state index contributed by atoms with van der Waals surface area (Å²) in [6.07, 6.45) is 6.54. The first-order valence-corrected chi connectivity index (χ1v) is 11.2. The van der Waals surface area contributed by atoms with Gasteiger partial charge in [0.1, 0.15) is 0 Å². The minimum absolute atomic E-state index is 0.141. The Balaban J connectivity index is 1.44. The summed E-state index contributed by atoms with van der Waals surface area (Å²) in [6, 6.07) is 22.1. The van der Waals surface area contributed by atoms with Gasteiger partial charge in [-0.15, -0.1) is 0 Å². The number of carbonyl (C=O) groups excluding carboxylic acids is 2. The van der Waals surface area contributed by atoms with E-state index in [1.165, 1.54) is 0 Å². The predicted molar refractivity (Wildman–Crippen MR) is 126 cm³/mol. The number of aryl methyl sites for hydroxylation is 1. The molecular weight excluding hydrogens is 398 g/mol. The van der Waals surface area contributed by atoms with Gasteiger partial charge in [-0.2, -0.15) is 0 Å². The number of hydrogen-bond acceptors (Lipinski definition) is 3. The Labute approximate surface area is 189 Å². The van der Waals surface area contributed by atoms with E-state index in [9.17, 15) is 9.59 Å². The molecule has 4 rings (SSSR count). The van der Waals surface area contributed by atoms with Gasteiger partial charge >= 0.3 is 0 Å². The van der Waals surface area contributed by atoms with E-state index in [1.807, 2.05) is 65.7 Å². The Hall–Kier alpha value is -3.47. The number of piperidine rings is 1. The standard InChI is InChI=1S/C27H29N3O2/c28-26(32)27(19-22-9-4-5-11-24(22)23-10-6-16-29-20-23)14-17-30(18-15-27)25(31)13-12-21-7-2-1-3-8-21/h1-11,16,20H,12-15,17-19H2,(H2,28,32). The molecule has 32 heavy (non-hydrogen) atoms. The van der Waals surface area contributed by atoms with E-state index in [2.05, 4.69) is 17.1 Å². The summed E-state index contributed by atoms with van der Waals surface area (Å²) in [5.41, 5.74) is 9.64. The van der Waals surface area contributed by atoms with Gasteiger partial charge in [-0.3, -0.25) is 14.6 Å². The number of pyridine rings is 1. The first-order chi connectivity index (χ1) is 15.6. The van der Waals surface area contributed by atoms with Crippen LogP contribution in [0.1, 0.15) is 30.4 Å². The van der Waals surface area contributed by atoms with Crippen molar-refractivity contribution >= 4 is 11.8 Å². The summed E-state index contributed by atoms with van der Waals surface area (Å²) >= 11 is 0. The zero-order valence-corrected chi connectivity index (χ0v) is 18.2. The first kappa shape index (κ1) is 21.8. The van der Waals surface area contributed by atoms with Crippen molar-refractivity contribution in [3.63, 3.8) is 0 Å². The quantitative estimate of drug-likeness (QED) is 0.619. The second-order valence-corrected chi connectivity index (χ2v) is 8.59. The van der Waals surface area contributed by atoms with Crippen LogP contribution in [0.2, 0.25) is 0 Å². The largest absolute Gasteiger partial charge is 0.369 e. The smallest absolute Gasteiger partial charge is 0.224 e. The van der Waals surface area contributed by atoms with Crippen molar-refractivity contribution in [1.82, 2.24) is 9.88 Å². The lowest BCUT2D eigenvalue weighted by Crippen LogP contribution is -2.50. The maximum absolute atomic E-state index is 12.8. The molecule has 5 heteroatoms. The van der Waals surface area contributed by atoms with E-state index in [0.29, 0.717) is 38.8 Å². The van der Waals surface area contributed by atoms with Gasteiger partial charge in [0.15, 0.2) is 0 Å². The van der Waals surface area contributed by atoms with Crippen LogP contribution in [0.5, 0.6) is 0 Å². The van der Waals surface area contributed by atoms with Crippen LogP contribution in [-0.4, -0.2) is 34.8 Å². The number of carbonyl (C=O) groups is 2. The van der Waals surface area contributed by atoms with Crippen LogP contribution in [0.3, 0.4) is 0 Å². The fraction of sp³-hybridized carbons (Fsp3) is 0.296. The molecule has 3 aromatic rings. The molecule has 2 N–H and O–H groups in total. The highest BCUT2D eigenvalue weighted by Gasteiger charge is 2.41. The second-order valence-electron chi connectivity index (χ2n) is 8.59. The van der Waals surface area contributed by atoms with E-state index >= 15 is 0 Å². The molecule has 1 fully saturated rings. The van der Waals surface area contributed by atoms with E-state index in [0.717, 1.165) is 28.7 Å². The molecular formula is C27H29N3O2. The van der Waals surface area contributed by atoms with E-state index in [1.54, 1.807) is 6.20 Å². The number of hydrogen-bond donors (Lipinski definition) is 1. The molecule has 2 aromatic carbocycles. The zero-order valence-electron chi connectivity index (χ0n) is 18.2. The lowest BCUT2D eigenvalue weighted by Gasteiger charge is -2.40. The van der Waals surface area contributed by atoms with E-state index in [4.69, 9.17) is 5.73 Å². The van der Waals surface area contributed by atoms with E-state index < -0.39 is 5.41 Å². The molecule has 2 heterocycles. The molecule has 0 bridgehead atoms. The number of benzene rings is 2.